The van der Waals surface area contributed by atoms with Crippen molar-refractivity contribution in [2.24, 2.45) is 11.8 Å². The lowest BCUT2D eigenvalue weighted by molar-refractivity contribution is 0.0900. The average Bonchev–Trinajstić information content (AvgIpc) is 0.686. The Hall–Kier alpha value is -11.8. The van der Waals surface area contributed by atoms with Crippen molar-refractivity contribution in [2.75, 3.05) is 19.6 Å². The Morgan fingerprint density at radius 2 is 0.680 bits per heavy atom. The number of anilines is 10. The highest BCUT2D eigenvalue weighted by atomic mass is 16.5. The molecule has 0 aromatic heterocycles. The number of para-hydroxylation sites is 3. The second kappa shape index (κ2) is 23.9. The molecule has 5 nitrogen and oxygen atoms in total. The van der Waals surface area contributed by atoms with Gasteiger partial charge >= 0.3 is 0 Å². The second-order valence-electron chi connectivity index (χ2n) is 30.0. The van der Waals surface area contributed by atoms with Crippen molar-refractivity contribution in [2.45, 2.75) is 64.0 Å². The molecule has 6 heterocycles. The van der Waals surface area contributed by atoms with Crippen LogP contribution in [0.3, 0.4) is 0 Å². The molecule has 2 saturated heterocycles. The third kappa shape index (κ3) is 9.61. The maximum absolute atomic E-state index is 8.18. The van der Waals surface area contributed by atoms with E-state index in [1.54, 1.807) is 0 Å². The van der Waals surface area contributed by atoms with E-state index in [0.717, 1.165) is 73.9 Å². The molecular formula is C96H74B2N4O. The lowest BCUT2D eigenvalue weighted by atomic mass is 9.30. The molecule has 8 aliphatic rings. The van der Waals surface area contributed by atoms with E-state index in [0.29, 0.717) is 12.1 Å². The molecule has 4 fully saturated rings. The molecule has 2 aliphatic carbocycles. The van der Waals surface area contributed by atoms with Crippen molar-refractivity contribution in [1.29, 1.82) is 0 Å². The zero-order valence-electron chi connectivity index (χ0n) is 57.9. The van der Waals surface area contributed by atoms with Gasteiger partial charge in [0.05, 0.1) is 11.4 Å². The van der Waals surface area contributed by atoms with Gasteiger partial charge in [-0.15, -0.1) is 0 Å². The lowest BCUT2D eigenvalue weighted by Crippen LogP contribution is -2.64. The van der Waals surface area contributed by atoms with Crippen LogP contribution in [-0.2, 0) is 0 Å². The largest absolute Gasteiger partial charge is 0.458 e. The Kier molecular flexibility index (Phi) is 13.9. The highest BCUT2D eigenvalue weighted by Crippen LogP contribution is 2.57. The van der Waals surface area contributed by atoms with E-state index in [2.05, 4.69) is 355 Å². The monoisotopic (exact) mass is 1320 g/mol. The molecular weight excluding hydrogens is 1250 g/mol. The third-order valence-electron chi connectivity index (χ3n) is 23.9. The molecule has 0 radical (unpaired) electrons. The van der Waals surface area contributed by atoms with Crippen LogP contribution in [0.2, 0.25) is 0 Å². The smallest absolute Gasteiger partial charge is 0.256 e. The standard InChI is InChI=1S/C96H74B2N4O/c1-61(2)70-55-88-93-89(56-70)102(96-79(68-36-18-7-19-37-68)53-72(65-30-12-4-13-31-65)54-80(96)69-38-20-8-21-39-69)87-60-91-84(59-83(87)97(93)81-42-24-26-44-85(81)100(88)73-40-22-9-23-41-73)98-82-43-25-27-45-86(82)101(90-57-76(58-92(103-91)94(90)98)99-74-47-62-46-63(49-74)50-75(99)48-62)95-77(66-32-14-5-15-33-66)51-71(64-28-10-3-11-29-64)52-78(95)67-34-16-6-17-35-67/h3-45,51-63,74-75H,46-50H2,1-2H3. The van der Waals surface area contributed by atoms with Gasteiger partial charge in [0.1, 0.15) is 11.5 Å². The number of benzene rings is 14. The Bertz CT molecular complexity index is 5530. The van der Waals surface area contributed by atoms with Crippen LogP contribution in [-0.4, -0.2) is 25.5 Å². The van der Waals surface area contributed by atoms with E-state index in [4.69, 9.17) is 4.74 Å². The normalized spacial score (nSPS) is 17.5. The SMILES string of the molecule is CC(C)c1cc2c3c(c1)N(c1c(-c4ccccc4)cc(-c4ccccc4)cc1-c1ccccc1)c1cc4c(cc1B3c1ccccc1N2c1ccccc1)B1c2ccccc2N(c2c(-c3ccccc3)cc(-c3ccccc3)cc2-c2ccccc2)c2cc(N3C5CC6CC(C5)CC3C6)cc(c21)O4. The first-order chi connectivity index (χ1) is 50.9. The summed E-state index contributed by atoms with van der Waals surface area (Å²) in [6.07, 6.45) is 6.36. The number of hydrogen-bond acceptors (Lipinski definition) is 5. The molecule has 103 heavy (non-hydrogen) atoms. The summed E-state index contributed by atoms with van der Waals surface area (Å²) in [4.78, 5) is 10.8. The van der Waals surface area contributed by atoms with Gasteiger partial charge < -0.3 is 24.3 Å². The third-order valence-corrected chi connectivity index (χ3v) is 23.9. The summed E-state index contributed by atoms with van der Waals surface area (Å²) in [5.41, 5.74) is 34.4. The number of hydrogen-bond donors (Lipinski definition) is 0. The summed E-state index contributed by atoms with van der Waals surface area (Å²) in [5, 5.41) is 0. The molecule has 490 valence electrons. The average molecular weight is 1320 g/mol. The first kappa shape index (κ1) is 60.0. The highest BCUT2D eigenvalue weighted by molar-refractivity contribution is 7.02. The lowest BCUT2D eigenvalue weighted by Gasteiger charge is -2.57. The zero-order chi connectivity index (χ0) is 68.0. The first-order valence-corrected chi connectivity index (χ1v) is 37.2. The van der Waals surface area contributed by atoms with E-state index in [9.17, 15) is 0 Å². The minimum absolute atomic E-state index is 0.170. The number of nitrogens with zero attached hydrogens (tertiary/aromatic N) is 4. The number of rotatable bonds is 11. The fourth-order valence-electron chi connectivity index (χ4n) is 19.6. The van der Waals surface area contributed by atoms with Crippen molar-refractivity contribution in [1.82, 2.24) is 0 Å². The molecule has 0 N–H and O–H groups in total. The van der Waals surface area contributed by atoms with Crippen molar-refractivity contribution in [3.8, 4) is 78.3 Å². The van der Waals surface area contributed by atoms with Crippen LogP contribution in [0.25, 0.3) is 66.8 Å². The van der Waals surface area contributed by atoms with Crippen molar-refractivity contribution < 1.29 is 4.74 Å². The molecule has 14 aromatic rings. The Morgan fingerprint density at radius 1 is 0.291 bits per heavy atom. The fourth-order valence-corrected chi connectivity index (χ4v) is 19.6. The van der Waals surface area contributed by atoms with Gasteiger partial charge in [0.25, 0.3) is 13.4 Å². The Labute approximate surface area is 604 Å². The highest BCUT2D eigenvalue weighted by Gasteiger charge is 2.51. The minimum atomic E-state index is -0.208. The van der Waals surface area contributed by atoms with Gasteiger partial charge in [0.15, 0.2) is 0 Å². The summed E-state index contributed by atoms with van der Waals surface area (Å²) in [6.45, 7) is 4.33. The van der Waals surface area contributed by atoms with Crippen molar-refractivity contribution >= 4 is 103 Å². The van der Waals surface area contributed by atoms with Crippen LogP contribution in [0.1, 0.15) is 57.4 Å². The van der Waals surface area contributed by atoms with Gasteiger partial charge in [0.2, 0.25) is 0 Å². The molecule has 7 heteroatoms. The molecule has 6 aliphatic heterocycles. The predicted octanol–water partition coefficient (Wildman–Crippen LogP) is 21.1. The number of ether oxygens (including phenoxy) is 1. The number of piperidine rings is 2. The maximum atomic E-state index is 8.18. The van der Waals surface area contributed by atoms with Crippen LogP contribution in [0.4, 0.5) is 56.9 Å². The van der Waals surface area contributed by atoms with E-state index in [-0.39, 0.29) is 19.3 Å². The van der Waals surface area contributed by atoms with Gasteiger partial charge in [0, 0.05) is 92.0 Å². The van der Waals surface area contributed by atoms with Crippen molar-refractivity contribution in [3.63, 3.8) is 0 Å². The fraction of sp³-hybridized carbons (Fsp3) is 0.125. The van der Waals surface area contributed by atoms with E-state index in [1.807, 2.05) is 0 Å². The van der Waals surface area contributed by atoms with E-state index >= 15 is 0 Å². The van der Waals surface area contributed by atoms with E-state index < -0.39 is 0 Å². The molecule has 0 spiro atoms. The van der Waals surface area contributed by atoms with E-state index in [1.165, 1.54) is 144 Å². The quantitative estimate of drug-likeness (QED) is 0.120. The maximum Gasteiger partial charge on any atom is 0.256 e. The molecule has 14 aromatic carbocycles. The summed E-state index contributed by atoms with van der Waals surface area (Å²) in [5.74, 6) is 3.60. The molecule has 22 rings (SSSR count). The van der Waals surface area contributed by atoms with Gasteiger partial charge in [-0.3, -0.25) is 0 Å². The summed E-state index contributed by atoms with van der Waals surface area (Å²) in [6, 6.07) is 122. The summed E-state index contributed by atoms with van der Waals surface area (Å²) < 4.78 is 8.18. The Balaban J connectivity index is 0.872. The van der Waals surface area contributed by atoms with Crippen LogP contribution < -0.4 is 57.1 Å². The van der Waals surface area contributed by atoms with Crippen LogP contribution in [0.5, 0.6) is 11.5 Å². The van der Waals surface area contributed by atoms with Gasteiger partial charge in [-0.05, 0) is 199 Å². The second-order valence-corrected chi connectivity index (χ2v) is 30.0. The molecule has 0 unspecified atom stereocenters. The van der Waals surface area contributed by atoms with Gasteiger partial charge in [-0.1, -0.05) is 257 Å². The predicted molar refractivity (Wildman–Crippen MR) is 433 cm³/mol. The topological polar surface area (TPSA) is 22.2 Å². The summed E-state index contributed by atoms with van der Waals surface area (Å²) in [7, 11) is 0. The van der Waals surface area contributed by atoms with Gasteiger partial charge in [-0.2, -0.15) is 0 Å². The summed E-state index contributed by atoms with van der Waals surface area (Å²) >= 11 is 0. The van der Waals surface area contributed by atoms with Crippen LogP contribution in [0, 0.1) is 11.8 Å². The molecule has 0 amide bonds. The molecule has 4 bridgehead atoms. The Morgan fingerprint density at radius 3 is 1.15 bits per heavy atom. The number of fused-ring (bicyclic) bond motifs is 8. The van der Waals surface area contributed by atoms with Crippen molar-refractivity contribution in [3.05, 3.63) is 327 Å². The minimum Gasteiger partial charge on any atom is -0.458 e. The van der Waals surface area contributed by atoms with Crippen LogP contribution >= 0.6 is 0 Å². The zero-order valence-corrected chi connectivity index (χ0v) is 57.9. The first-order valence-electron chi connectivity index (χ1n) is 37.2. The molecule has 2 saturated carbocycles. The molecule has 0 atom stereocenters. The van der Waals surface area contributed by atoms with Crippen LogP contribution in [0.15, 0.2) is 322 Å². The van der Waals surface area contributed by atoms with Gasteiger partial charge in [-0.25, -0.2) is 0 Å².